The Balaban J connectivity index is 2.45. The van der Waals surface area contributed by atoms with Crippen LogP contribution in [0.15, 0.2) is 24.3 Å². The summed E-state index contributed by atoms with van der Waals surface area (Å²) in [7, 11) is 1.98. The third-order valence-electron chi connectivity index (χ3n) is 3.01. The van der Waals surface area contributed by atoms with Crippen molar-refractivity contribution in [3.8, 4) is 0 Å². The number of hydrogen-bond acceptors (Lipinski definition) is 4. The third-order valence-corrected chi connectivity index (χ3v) is 3.01. The molecule has 4 heteroatoms. The first kappa shape index (κ1) is 12.4. The molecule has 0 saturated heterocycles. The van der Waals surface area contributed by atoms with Crippen LogP contribution in [0.1, 0.15) is 17.0 Å². The Morgan fingerprint density at radius 2 is 1.61 bits per heavy atom. The minimum absolute atomic E-state index is 0.538. The zero-order valence-electron chi connectivity index (χ0n) is 11.2. The van der Waals surface area contributed by atoms with Gasteiger partial charge in [0.05, 0.1) is 0 Å². The molecule has 2 aromatic rings. The molecule has 0 aliphatic heterocycles. The molecule has 4 nitrogen and oxygen atoms in total. The maximum Gasteiger partial charge on any atom is 0.141 e. The van der Waals surface area contributed by atoms with Crippen LogP contribution in [0.2, 0.25) is 0 Å². The Hall–Kier alpha value is -2.10. The summed E-state index contributed by atoms with van der Waals surface area (Å²) in [6, 6.07) is 8.31. The highest BCUT2D eigenvalue weighted by Gasteiger charge is 2.12. The van der Waals surface area contributed by atoms with Crippen molar-refractivity contribution in [2.24, 2.45) is 0 Å². The molecule has 2 N–H and O–H groups in total. The Morgan fingerprint density at radius 3 is 2.22 bits per heavy atom. The van der Waals surface area contributed by atoms with Crippen LogP contribution < -0.4 is 10.6 Å². The second-order valence-electron chi connectivity index (χ2n) is 4.50. The van der Waals surface area contributed by atoms with Gasteiger partial charge in [0.15, 0.2) is 0 Å². The van der Waals surface area contributed by atoms with Gasteiger partial charge in [0.2, 0.25) is 0 Å². The lowest BCUT2D eigenvalue weighted by Gasteiger charge is -2.21. The van der Waals surface area contributed by atoms with Gasteiger partial charge in [0, 0.05) is 18.3 Å². The van der Waals surface area contributed by atoms with E-state index in [4.69, 9.17) is 5.73 Å². The first-order valence-corrected chi connectivity index (χ1v) is 5.90. The SMILES string of the molecule is Cc1ccc(N(C)c2nc(C)nc(N)c2C)cc1. The van der Waals surface area contributed by atoms with Crippen molar-refractivity contribution in [3.05, 3.63) is 41.2 Å². The molecule has 0 radical (unpaired) electrons. The molecule has 0 aliphatic carbocycles. The minimum Gasteiger partial charge on any atom is -0.383 e. The van der Waals surface area contributed by atoms with Crippen LogP contribution in [0, 0.1) is 20.8 Å². The van der Waals surface area contributed by atoms with Gasteiger partial charge in [-0.1, -0.05) is 17.7 Å². The van der Waals surface area contributed by atoms with E-state index in [0.29, 0.717) is 11.6 Å². The lowest BCUT2D eigenvalue weighted by molar-refractivity contribution is 0.999. The van der Waals surface area contributed by atoms with E-state index in [1.165, 1.54) is 5.56 Å². The average molecular weight is 242 g/mol. The largest absolute Gasteiger partial charge is 0.383 e. The molecular formula is C14H18N4. The Labute approximate surface area is 107 Å². The zero-order chi connectivity index (χ0) is 13.3. The van der Waals surface area contributed by atoms with Crippen molar-refractivity contribution < 1.29 is 0 Å². The number of rotatable bonds is 2. The fourth-order valence-corrected chi connectivity index (χ4v) is 1.85. The van der Waals surface area contributed by atoms with Crippen molar-refractivity contribution in [1.29, 1.82) is 0 Å². The second kappa shape index (κ2) is 4.64. The van der Waals surface area contributed by atoms with E-state index >= 15 is 0 Å². The minimum atomic E-state index is 0.538. The van der Waals surface area contributed by atoms with Crippen molar-refractivity contribution in [2.45, 2.75) is 20.8 Å². The number of benzene rings is 1. The van der Waals surface area contributed by atoms with Crippen molar-refractivity contribution in [1.82, 2.24) is 9.97 Å². The van der Waals surface area contributed by atoms with Crippen LogP contribution in [0.4, 0.5) is 17.3 Å². The maximum absolute atomic E-state index is 5.88. The molecule has 0 unspecified atom stereocenters. The fraction of sp³-hybridized carbons (Fsp3) is 0.286. The molecule has 1 heterocycles. The van der Waals surface area contributed by atoms with Crippen molar-refractivity contribution in [2.75, 3.05) is 17.7 Å². The molecule has 2 rings (SSSR count). The van der Waals surface area contributed by atoms with Crippen LogP contribution in [0.3, 0.4) is 0 Å². The van der Waals surface area contributed by atoms with Crippen LogP contribution in [-0.4, -0.2) is 17.0 Å². The van der Waals surface area contributed by atoms with E-state index in [1.807, 2.05) is 25.8 Å². The molecular weight excluding hydrogens is 224 g/mol. The van der Waals surface area contributed by atoms with E-state index in [1.54, 1.807) is 0 Å². The van der Waals surface area contributed by atoms with Crippen molar-refractivity contribution >= 4 is 17.3 Å². The summed E-state index contributed by atoms with van der Waals surface area (Å²) >= 11 is 0. The van der Waals surface area contributed by atoms with Crippen molar-refractivity contribution in [3.63, 3.8) is 0 Å². The molecule has 94 valence electrons. The number of aryl methyl sites for hydroxylation is 2. The number of anilines is 3. The number of nitrogen functional groups attached to an aromatic ring is 1. The number of hydrogen-bond donors (Lipinski definition) is 1. The van der Waals surface area contributed by atoms with Gasteiger partial charge in [-0.3, -0.25) is 0 Å². The van der Waals surface area contributed by atoms with Crippen LogP contribution in [-0.2, 0) is 0 Å². The van der Waals surface area contributed by atoms with E-state index in [2.05, 4.69) is 41.2 Å². The maximum atomic E-state index is 5.88. The molecule has 0 amide bonds. The van der Waals surface area contributed by atoms with E-state index in [-0.39, 0.29) is 0 Å². The van der Waals surface area contributed by atoms with Gasteiger partial charge < -0.3 is 10.6 Å². The highest BCUT2D eigenvalue weighted by molar-refractivity contribution is 5.65. The predicted octanol–water partition coefficient (Wildman–Crippen LogP) is 2.75. The highest BCUT2D eigenvalue weighted by atomic mass is 15.2. The monoisotopic (exact) mass is 242 g/mol. The van der Waals surface area contributed by atoms with Crippen LogP contribution in [0.25, 0.3) is 0 Å². The smallest absolute Gasteiger partial charge is 0.141 e. The van der Waals surface area contributed by atoms with Crippen LogP contribution >= 0.6 is 0 Å². The fourth-order valence-electron chi connectivity index (χ4n) is 1.85. The highest BCUT2D eigenvalue weighted by Crippen LogP contribution is 2.27. The molecule has 1 aromatic carbocycles. The molecule has 18 heavy (non-hydrogen) atoms. The first-order chi connectivity index (χ1) is 8.49. The Morgan fingerprint density at radius 1 is 1.00 bits per heavy atom. The van der Waals surface area contributed by atoms with Gasteiger partial charge in [-0.05, 0) is 32.9 Å². The summed E-state index contributed by atoms with van der Waals surface area (Å²) in [6.45, 7) is 5.86. The molecule has 0 fully saturated rings. The van der Waals surface area contributed by atoms with Gasteiger partial charge in [-0.25, -0.2) is 9.97 Å². The summed E-state index contributed by atoms with van der Waals surface area (Å²) in [5, 5.41) is 0. The quantitative estimate of drug-likeness (QED) is 0.879. The molecule has 0 bridgehead atoms. The van der Waals surface area contributed by atoms with E-state index < -0.39 is 0 Å². The molecule has 0 saturated carbocycles. The molecule has 0 spiro atoms. The lowest BCUT2D eigenvalue weighted by Crippen LogP contribution is -2.15. The van der Waals surface area contributed by atoms with E-state index in [0.717, 1.165) is 17.1 Å². The summed E-state index contributed by atoms with van der Waals surface area (Å²) in [6.07, 6.45) is 0. The van der Waals surface area contributed by atoms with Gasteiger partial charge >= 0.3 is 0 Å². The lowest BCUT2D eigenvalue weighted by atomic mass is 10.2. The Bertz CT molecular complexity index is 561. The summed E-state index contributed by atoms with van der Waals surface area (Å²) < 4.78 is 0. The first-order valence-electron chi connectivity index (χ1n) is 5.90. The standard InChI is InChI=1S/C14H18N4/c1-9-5-7-12(8-6-9)18(4)14-10(2)13(15)16-11(3)17-14/h5-8H,1-4H3,(H2,15,16,17). The predicted molar refractivity (Wildman–Crippen MR) is 75.2 cm³/mol. The number of nitrogens with zero attached hydrogens (tertiary/aromatic N) is 3. The summed E-state index contributed by atoms with van der Waals surface area (Å²) in [5.41, 5.74) is 9.11. The zero-order valence-corrected chi connectivity index (χ0v) is 11.2. The molecule has 0 aliphatic rings. The topological polar surface area (TPSA) is 55.0 Å². The van der Waals surface area contributed by atoms with Crippen LogP contribution in [0.5, 0.6) is 0 Å². The second-order valence-corrected chi connectivity index (χ2v) is 4.50. The number of nitrogens with two attached hydrogens (primary N) is 1. The van der Waals surface area contributed by atoms with Gasteiger partial charge in [0.25, 0.3) is 0 Å². The summed E-state index contributed by atoms with van der Waals surface area (Å²) in [4.78, 5) is 10.7. The molecule has 0 atom stereocenters. The van der Waals surface area contributed by atoms with Gasteiger partial charge in [-0.2, -0.15) is 0 Å². The van der Waals surface area contributed by atoms with Gasteiger partial charge in [0.1, 0.15) is 17.5 Å². The van der Waals surface area contributed by atoms with Gasteiger partial charge in [-0.15, -0.1) is 0 Å². The normalized spacial score (nSPS) is 10.4. The summed E-state index contributed by atoms with van der Waals surface area (Å²) in [5.74, 6) is 2.08. The number of aromatic nitrogens is 2. The third kappa shape index (κ3) is 2.27. The molecule has 1 aromatic heterocycles. The average Bonchev–Trinajstić information content (AvgIpc) is 2.34. The van der Waals surface area contributed by atoms with E-state index in [9.17, 15) is 0 Å². The Kier molecular flexibility index (Phi) is 3.19.